The number of fused-ring (bicyclic) bond motifs is 1. The van der Waals surface area contributed by atoms with E-state index in [9.17, 15) is 4.79 Å². The number of rotatable bonds is 5. The zero-order valence-corrected chi connectivity index (χ0v) is 17.3. The van der Waals surface area contributed by atoms with Crippen molar-refractivity contribution < 1.29 is 14.3 Å². The maximum absolute atomic E-state index is 13.5. The van der Waals surface area contributed by atoms with Crippen molar-refractivity contribution in [3.63, 3.8) is 0 Å². The van der Waals surface area contributed by atoms with Gasteiger partial charge in [0.25, 0.3) is 5.91 Å². The van der Waals surface area contributed by atoms with Crippen molar-refractivity contribution in [2.24, 2.45) is 0 Å². The van der Waals surface area contributed by atoms with Gasteiger partial charge in [0.2, 0.25) is 5.95 Å². The first-order valence-electron chi connectivity index (χ1n) is 9.49. The van der Waals surface area contributed by atoms with Gasteiger partial charge in [-0.1, -0.05) is 18.2 Å². The molecule has 30 heavy (non-hydrogen) atoms. The number of nitrogens with one attached hydrogen (secondary N) is 2. The quantitative estimate of drug-likeness (QED) is 0.675. The second-order valence-corrected chi connectivity index (χ2v) is 6.97. The van der Waals surface area contributed by atoms with E-state index in [-0.39, 0.29) is 5.91 Å². The highest BCUT2D eigenvalue weighted by Gasteiger charge is 2.35. The predicted molar refractivity (Wildman–Crippen MR) is 114 cm³/mol. The molecule has 1 aliphatic heterocycles. The average Bonchev–Trinajstić information content (AvgIpc) is 3.21. The highest BCUT2D eigenvalue weighted by atomic mass is 16.5. The molecule has 1 aliphatic rings. The summed E-state index contributed by atoms with van der Waals surface area (Å²) in [6.45, 7) is 3.80. The smallest absolute Gasteiger partial charge is 0.255 e. The third-order valence-electron chi connectivity index (χ3n) is 5.16. The van der Waals surface area contributed by atoms with Crippen LogP contribution in [0, 0.1) is 6.92 Å². The van der Waals surface area contributed by atoms with E-state index >= 15 is 0 Å². The van der Waals surface area contributed by atoms with Crippen LogP contribution >= 0.6 is 0 Å². The molecule has 0 bridgehead atoms. The molecule has 4 rings (SSSR count). The van der Waals surface area contributed by atoms with E-state index in [0.717, 1.165) is 16.8 Å². The normalized spacial score (nSPS) is 15.3. The summed E-state index contributed by atoms with van der Waals surface area (Å²) in [5.74, 6) is 1.60. The molecule has 0 fully saturated rings. The highest BCUT2D eigenvalue weighted by Crippen LogP contribution is 2.40. The van der Waals surface area contributed by atoms with Crippen LogP contribution in [0.4, 0.5) is 11.6 Å². The molecule has 1 unspecified atom stereocenters. The van der Waals surface area contributed by atoms with Crippen LogP contribution in [0.2, 0.25) is 0 Å². The largest absolute Gasteiger partial charge is 0.497 e. The van der Waals surface area contributed by atoms with Gasteiger partial charge in [-0.2, -0.15) is 10.1 Å². The van der Waals surface area contributed by atoms with Gasteiger partial charge in [-0.3, -0.25) is 4.79 Å². The Balaban J connectivity index is 1.84. The average molecular weight is 405 g/mol. The monoisotopic (exact) mass is 405 g/mol. The van der Waals surface area contributed by atoms with Crippen molar-refractivity contribution >= 4 is 17.5 Å². The number of hydrogen-bond acceptors (Lipinski definition) is 6. The van der Waals surface area contributed by atoms with E-state index in [2.05, 4.69) is 20.7 Å². The summed E-state index contributed by atoms with van der Waals surface area (Å²) in [6, 6.07) is 12.6. The standard InChI is InChI=1S/C22H23N5O3/c1-13-7-5-6-8-17(13)26-21(28)19-14(2)25-22-23-12-24-27(22)20(19)16-11-15(29-3)9-10-18(16)30-4/h5-12,20H,1-4H3,(H,26,28)(H,23,24,25). The zero-order valence-electron chi connectivity index (χ0n) is 17.3. The fourth-order valence-electron chi connectivity index (χ4n) is 3.63. The summed E-state index contributed by atoms with van der Waals surface area (Å²) in [5.41, 5.74) is 3.69. The second kappa shape index (κ2) is 7.90. The van der Waals surface area contributed by atoms with Crippen molar-refractivity contribution in [3.8, 4) is 11.5 Å². The number of allylic oxidation sites excluding steroid dienone is 1. The van der Waals surface area contributed by atoms with E-state index in [1.807, 2.05) is 56.3 Å². The highest BCUT2D eigenvalue weighted by molar-refractivity contribution is 6.06. The first kappa shape index (κ1) is 19.5. The Hall–Kier alpha value is -3.81. The number of nitrogens with zero attached hydrogens (tertiary/aromatic N) is 3. The van der Waals surface area contributed by atoms with Crippen LogP contribution in [0.1, 0.15) is 24.1 Å². The van der Waals surface area contributed by atoms with Crippen LogP contribution in [0.3, 0.4) is 0 Å². The van der Waals surface area contributed by atoms with Gasteiger partial charge in [-0.25, -0.2) is 4.68 Å². The van der Waals surface area contributed by atoms with Crippen molar-refractivity contribution in [2.45, 2.75) is 19.9 Å². The minimum Gasteiger partial charge on any atom is -0.497 e. The van der Waals surface area contributed by atoms with E-state index in [1.54, 1.807) is 18.9 Å². The lowest BCUT2D eigenvalue weighted by Crippen LogP contribution is -2.32. The number of anilines is 2. The summed E-state index contributed by atoms with van der Waals surface area (Å²) < 4.78 is 12.7. The molecule has 0 spiro atoms. The van der Waals surface area contributed by atoms with Gasteiger partial charge in [-0.05, 0) is 43.7 Å². The molecule has 3 aromatic rings. The van der Waals surface area contributed by atoms with Crippen molar-refractivity contribution in [1.29, 1.82) is 0 Å². The van der Waals surface area contributed by atoms with Gasteiger partial charge in [-0.15, -0.1) is 0 Å². The number of aryl methyl sites for hydroxylation is 1. The SMILES string of the molecule is COc1ccc(OC)c(C2C(C(=O)Nc3ccccc3C)=C(C)Nc3ncnn32)c1. The first-order valence-corrected chi connectivity index (χ1v) is 9.49. The molecule has 1 aromatic heterocycles. The third-order valence-corrected chi connectivity index (χ3v) is 5.16. The van der Waals surface area contributed by atoms with Crippen LogP contribution < -0.4 is 20.1 Å². The van der Waals surface area contributed by atoms with Gasteiger partial charge in [0, 0.05) is 16.9 Å². The van der Waals surface area contributed by atoms with Gasteiger partial charge >= 0.3 is 0 Å². The molecule has 0 saturated carbocycles. The molecule has 0 radical (unpaired) electrons. The molecule has 8 heteroatoms. The van der Waals surface area contributed by atoms with E-state index in [0.29, 0.717) is 28.7 Å². The maximum Gasteiger partial charge on any atom is 0.255 e. The molecule has 2 aromatic carbocycles. The number of ether oxygens (including phenoxy) is 2. The number of carbonyl (C=O) groups excluding carboxylic acids is 1. The fraction of sp³-hybridized carbons (Fsp3) is 0.227. The van der Waals surface area contributed by atoms with E-state index in [4.69, 9.17) is 9.47 Å². The lowest BCUT2D eigenvalue weighted by molar-refractivity contribution is -0.113. The summed E-state index contributed by atoms with van der Waals surface area (Å²) in [4.78, 5) is 17.7. The fourth-order valence-corrected chi connectivity index (χ4v) is 3.63. The summed E-state index contributed by atoms with van der Waals surface area (Å²) in [7, 11) is 3.19. The van der Waals surface area contributed by atoms with Gasteiger partial charge in [0.15, 0.2) is 0 Å². The molecule has 2 heterocycles. The maximum atomic E-state index is 13.5. The number of hydrogen-bond donors (Lipinski definition) is 2. The van der Waals surface area contributed by atoms with Crippen LogP contribution in [0.25, 0.3) is 0 Å². The molecule has 2 N–H and O–H groups in total. The Kier molecular flexibility index (Phi) is 5.14. The molecule has 0 aliphatic carbocycles. The Morgan fingerprint density at radius 2 is 1.93 bits per heavy atom. The Bertz CT molecular complexity index is 1140. The lowest BCUT2D eigenvalue weighted by Gasteiger charge is -2.30. The zero-order chi connectivity index (χ0) is 21.3. The summed E-state index contributed by atoms with van der Waals surface area (Å²) >= 11 is 0. The molecule has 154 valence electrons. The lowest BCUT2D eigenvalue weighted by atomic mass is 9.94. The Morgan fingerprint density at radius 3 is 2.67 bits per heavy atom. The van der Waals surface area contributed by atoms with Crippen LogP contribution in [0.5, 0.6) is 11.5 Å². The van der Waals surface area contributed by atoms with Crippen molar-refractivity contribution in [1.82, 2.24) is 14.8 Å². The van der Waals surface area contributed by atoms with Crippen LogP contribution in [-0.4, -0.2) is 34.9 Å². The number of benzene rings is 2. The third kappa shape index (κ3) is 3.36. The van der Waals surface area contributed by atoms with E-state index in [1.165, 1.54) is 6.33 Å². The van der Waals surface area contributed by atoms with Crippen molar-refractivity contribution in [2.75, 3.05) is 24.9 Å². The van der Waals surface area contributed by atoms with E-state index < -0.39 is 6.04 Å². The van der Waals surface area contributed by atoms with Gasteiger partial charge < -0.3 is 20.1 Å². The number of carbonyl (C=O) groups is 1. The Morgan fingerprint density at radius 1 is 1.13 bits per heavy atom. The van der Waals surface area contributed by atoms with Crippen LogP contribution in [0.15, 0.2) is 60.1 Å². The summed E-state index contributed by atoms with van der Waals surface area (Å²) in [5, 5.41) is 10.6. The minimum absolute atomic E-state index is 0.231. The molecule has 0 saturated heterocycles. The number of para-hydroxylation sites is 1. The molecular weight excluding hydrogens is 382 g/mol. The van der Waals surface area contributed by atoms with Gasteiger partial charge in [0.05, 0.1) is 19.8 Å². The number of methoxy groups -OCH3 is 2. The van der Waals surface area contributed by atoms with Crippen LogP contribution in [-0.2, 0) is 4.79 Å². The molecular formula is C22H23N5O3. The molecule has 1 atom stereocenters. The van der Waals surface area contributed by atoms with Gasteiger partial charge in [0.1, 0.15) is 23.9 Å². The molecule has 8 nitrogen and oxygen atoms in total. The van der Waals surface area contributed by atoms with Crippen molar-refractivity contribution in [3.05, 3.63) is 71.2 Å². The second-order valence-electron chi connectivity index (χ2n) is 6.97. The summed E-state index contributed by atoms with van der Waals surface area (Å²) in [6.07, 6.45) is 1.46. The minimum atomic E-state index is -0.544. The first-order chi connectivity index (χ1) is 14.5. The molecule has 1 amide bonds. The number of amides is 1. The topological polar surface area (TPSA) is 90.3 Å². The Labute approximate surface area is 174 Å². The number of aromatic nitrogens is 3. The predicted octanol–water partition coefficient (Wildman–Crippen LogP) is 3.53.